The van der Waals surface area contributed by atoms with Crippen molar-refractivity contribution in [3.05, 3.63) is 53.6 Å². The summed E-state index contributed by atoms with van der Waals surface area (Å²) in [7, 11) is 0. The molecule has 0 saturated heterocycles. The lowest BCUT2D eigenvalue weighted by molar-refractivity contribution is -0.118. The summed E-state index contributed by atoms with van der Waals surface area (Å²) in [5.41, 5.74) is 4.57. The largest absolute Gasteiger partial charge is 0.355 e. The molecule has 3 aromatic rings. The summed E-state index contributed by atoms with van der Waals surface area (Å²) < 4.78 is 0. The topological polar surface area (TPSA) is 57.8 Å². The Kier molecular flexibility index (Phi) is 6.85. The molecule has 0 aliphatic rings. The maximum atomic E-state index is 12.0. The van der Waals surface area contributed by atoms with Gasteiger partial charge in [0.25, 0.3) is 0 Å². The number of fused-ring (bicyclic) bond motifs is 1. The Morgan fingerprint density at radius 1 is 1.15 bits per heavy atom. The number of para-hydroxylation sites is 2. The zero-order chi connectivity index (χ0) is 19.2. The van der Waals surface area contributed by atoms with Gasteiger partial charge in [0.1, 0.15) is 0 Å². The average Bonchev–Trinajstić information content (AvgIpc) is 3.07. The van der Waals surface area contributed by atoms with Crippen molar-refractivity contribution in [2.75, 3.05) is 12.3 Å². The van der Waals surface area contributed by atoms with Gasteiger partial charge in [0.05, 0.1) is 16.8 Å². The second-order valence-corrected chi connectivity index (χ2v) is 8.86. The Bertz CT molecular complexity index is 888. The number of carbonyl (C=O) groups is 1. The van der Waals surface area contributed by atoms with E-state index in [1.54, 1.807) is 23.5 Å². The number of hydrogen-bond donors (Lipinski definition) is 2. The summed E-state index contributed by atoms with van der Waals surface area (Å²) >= 11 is 3.30. The molecule has 0 saturated carbocycles. The highest BCUT2D eigenvalue weighted by Gasteiger charge is 2.10. The van der Waals surface area contributed by atoms with Crippen LogP contribution < -0.4 is 5.32 Å². The number of aromatic amines is 1. The molecule has 0 aliphatic heterocycles. The van der Waals surface area contributed by atoms with Crippen molar-refractivity contribution in [2.24, 2.45) is 5.92 Å². The molecule has 1 heterocycles. The number of H-pyrrole nitrogens is 1. The van der Waals surface area contributed by atoms with Crippen molar-refractivity contribution in [2.45, 2.75) is 36.6 Å². The van der Waals surface area contributed by atoms with Crippen LogP contribution >= 0.6 is 23.5 Å². The molecule has 3 rings (SSSR count). The van der Waals surface area contributed by atoms with Crippen LogP contribution in [0.4, 0.5) is 0 Å². The summed E-state index contributed by atoms with van der Waals surface area (Å²) in [6.45, 7) is 7.05. The maximum Gasteiger partial charge on any atom is 0.230 e. The smallest absolute Gasteiger partial charge is 0.230 e. The number of imidazole rings is 1. The summed E-state index contributed by atoms with van der Waals surface area (Å²) in [6.07, 6.45) is 0. The first-order chi connectivity index (χ1) is 13.0. The van der Waals surface area contributed by atoms with E-state index in [1.165, 1.54) is 11.1 Å². The summed E-state index contributed by atoms with van der Waals surface area (Å²) in [5.74, 6) is 1.86. The second kappa shape index (κ2) is 9.33. The summed E-state index contributed by atoms with van der Waals surface area (Å²) in [4.78, 5) is 21.1. The molecule has 2 N–H and O–H groups in total. The molecule has 0 spiro atoms. The molecule has 142 valence electrons. The first-order valence-electron chi connectivity index (χ1n) is 9.08. The molecule has 0 bridgehead atoms. The van der Waals surface area contributed by atoms with Gasteiger partial charge in [-0.3, -0.25) is 4.79 Å². The highest BCUT2D eigenvalue weighted by molar-refractivity contribution is 8.00. The standard InChI is InChI=1S/C21H25N3OS2/c1-14(2)11-22-20(25)13-26-19-10-6-7-16(15(19)3)12-27-21-23-17-8-4-5-9-18(17)24-21/h4-10,14H,11-13H2,1-3H3,(H,22,25)(H,23,24). The van der Waals surface area contributed by atoms with Gasteiger partial charge in [0, 0.05) is 17.2 Å². The molecule has 2 aromatic carbocycles. The second-order valence-electron chi connectivity index (χ2n) is 6.87. The van der Waals surface area contributed by atoms with Crippen LogP contribution in [-0.2, 0) is 10.5 Å². The van der Waals surface area contributed by atoms with Gasteiger partial charge in [-0.15, -0.1) is 11.8 Å². The van der Waals surface area contributed by atoms with E-state index in [0.717, 1.165) is 33.4 Å². The van der Waals surface area contributed by atoms with Crippen molar-refractivity contribution in [3.8, 4) is 0 Å². The van der Waals surface area contributed by atoms with Gasteiger partial charge < -0.3 is 10.3 Å². The third-order valence-corrected chi connectivity index (χ3v) is 6.28. The Morgan fingerprint density at radius 2 is 1.96 bits per heavy atom. The van der Waals surface area contributed by atoms with E-state index in [2.05, 4.69) is 54.3 Å². The van der Waals surface area contributed by atoms with Gasteiger partial charge in [0.15, 0.2) is 5.16 Å². The van der Waals surface area contributed by atoms with Gasteiger partial charge in [-0.1, -0.05) is 49.9 Å². The molecular weight excluding hydrogens is 374 g/mol. The van der Waals surface area contributed by atoms with Gasteiger partial charge in [-0.05, 0) is 42.2 Å². The number of nitrogens with zero attached hydrogens (tertiary/aromatic N) is 1. The number of nitrogens with one attached hydrogen (secondary N) is 2. The van der Waals surface area contributed by atoms with Crippen LogP contribution in [0, 0.1) is 12.8 Å². The molecule has 27 heavy (non-hydrogen) atoms. The number of benzene rings is 2. The Morgan fingerprint density at radius 3 is 2.74 bits per heavy atom. The van der Waals surface area contributed by atoms with Crippen LogP contribution in [0.15, 0.2) is 52.5 Å². The van der Waals surface area contributed by atoms with Gasteiger partial charge in [-0.2, -0.15) is 0 Å². The van der Waals surface area contributed by atoms with E-state index in [1.807, 2.05) is 24.3 Å². The zero-order valence-corrected chi connectivity index (χ0v) is 17.5. The fraction of sp³-hybridized carbons (Fsp3) is 0.333. The molecular formula is C21H25N3OS2. The van der Waals surface area contributed by atoms with E-state index in [-0.39, 0.29) is 5.91 Å². The van der Waals surface area contributed by atoms with Crippen molar-refractivity contribution in [1.82, 2.24) is 15.3 Å². The summed E-state index contributed by atoms with van der Waals surface area (Å²) in [6, 6.07) is 14.4. The lowest BCUT2D eigenvalue weighted by Gasteiger charge is -2.11. The number of amides is 1. The van der Waals surface area contributed by atoms with E-state index < -0.39 is 0 Å². The van der Waals surface area contributed by atoms with E-state index >= 15 is 0 Å². The number of rotatable bonds is 8. The summed E-state index contributed by atoms with van der Waals surface area (Å²) in [5, 5.41) is 3.90. The Balaban J connectivity index is 1.59. The van der Waals surface area contributed by atoms with Crippen LogP contribution in [0.5, 0.6) is 0 Å². The molecule has 0 aliphatic carbocycles. The lowest BCUT2D eigenvalue weighted by Crippen LogP contribution is -2.28. The third-order valence-electron chi connectivity index (χ3n) is 4.19. The van der Waals surface area contributed by atoms with Crippen LogP contribution in [0.2, 0.25) is 0 Å². The fourth-order valence-corrected chi connectivity index (χ4v) is 4.49. The molecule has 0 fully saturated rings. The fourth-order valence-electron chi connectivity index (χ4n) is 2.63. The van der Waals surface area contributed by atoms with Crippen LogP contribution in [0.25, 0.3) is 11.0 Å². The van der Waals surface area contributed by atoms with Crippen molar-refractivity contribution >= 4 is 40.5 Å². The molecule has 4 nitrogen and oxygen atoms in total. The number of aromatic nitrogens is 2. The maximum absolute atomic E-state index is 12.0. The van der Waals surface area contributed by atoms with Crippen LogP contribution in [-0.4, -0.2) is 28.2 Å². The van der Waals surface area contributed by atoms with Crippen LogP contribution in [0.3, 0.4) is 0 Å². The average molecular weight is 400 g/mol. The SMILES string of the molecule is Cc1c(CSc2nc3ccccc3[nH]2)cccc1SCC(=O)NCC(C)C. The highest BCUT2D eigenvalue weighted by atomic mass is 32.2. The predicted molar refractivity (Wildman–Crippen MR) is 115 cm³/mol. The highest BCUT2D eigenvalue weighted by Crippen LogP contribution is 2.29. The lowest BCUT2D eigenvalue weighted by atomic mass is 10.1. The normalized spacial score (nSPS) is 11.3. The monoisotopic (exact) mass is 399 g/mol. The number of thioether (sulfide) groups is 2. The minimum Gasteiger partial charge on any atom is -0.355 e. The van der Waals surface area contributed by atoms with E-state index in [4.69, 9.17) is 0 Å². The van der Waals surface area contributed by atoms with Crippen molar-refractivity contribution < 1.29 is 4.79 Å². The third kappa shape index (κ3) is 5.53. The van der Waals surface area contributed by atoms with Gasteiger partial charge >= 0.3 is 0 Å². The number of hydrogen-bond acceptors (Lipinski definition) is 4. The first kappa shape index (κ1) is 19.8. The Hall–Kier alpha value is -1.92. The molecule has 0 unspecified atom stereocenters. The quantitative estimate of drug-likeness (QED) is 0.522. The van der Waals surface area contributed by atoms with Crippen molar-refractivity contribution in [3.63, 3.8) is 0 Å². The Labute approximate surface area is 168 Å². The van der Waals surface area contributed by atoms with Crippen molar-refractivity contribution in [1.29, 1.82) is 0 Å². The van der Waals surface area contributed by atoms with E-state index in [0.29, 0.717) is 11.7 Å². The van der Waals surface area contributed by atoms with Crippen LogP contribution in [0.1, 0.15) is 25.0 Å². The van der Waals surface area contributed by atoms with Gasteiger partial charge in [-0.25, -0.2) is 4.98 Å². The molecule has 0 atom stereocenters. The van der Waals surface area contributed by atoms with Gasteiger partial charge in [0.2, 0.25) is 5.91 Å². The molecule has 1 aromatic heterocycles. The zero-order valence-electron chi connectivity index (χ0n) is 15.9. The molecule has 1 amide bonds. The minimum absolute atomic E-state index is 0.0927. The van der Waals surface area contributed by atoms with E-state index in [9.17, 15) is 4.79 Å². The molecule has 0 radical (unpaired) electrons. The number of carbonyl (C=O) groups excluding carboxylic acids is 1. The molecule has 6 heteroatoms. The first-order valence-corrected chi connectivity index (χ1v) is 11.1. The predicted octanol–water partition coefficient (Wildman–Crippen LogP) is 5.03. The minimum atomic E-state index is 0.0927.